The molecule has 0 N–H and O–H groups in total. The van der Waals surface area contributed by atoms with E-state index in [1.54, 1.807) is 12.1 Å². The summed E-state index contributed by atoms with van der Waals surface area (Å²) in [5.41, 5.74) is 3.73. The van der Waals surface area contributed by atoms with E-state index in [0.29, 0.717) is 26.5 Å². The second-order valence-electron chi connectivity index (χ2n) is 6.80. The Kier molecular flexibility index (Phi) is 6.76. The molecule has 0 fully saturated rings. The first-order chi connectivity index (χ1) is 14.4. The third-order valence-corrected chi connectivity index (χ3v) is 6.36. The molecule has 3 aromatic carbocycles. The van der Waals surface area contributed by atoms with Crippen molar-refractivity contribution in [2.24, 2.45) is 5.10 Å². The van der Waals surface area contributed by atoms with E-state index in [0.717, 1.165) is 27.0 Å². The molecule has 0 aliphatic carbocycles. The van der Waals surface area contributed by atoms with Gasteiger partial charge >= 0.3 is 0 Å². The van der Waals surface area contributed by atoms with E-state index in [-0.39, 0.29) is 6.04 Å². The van der Waals surface area contributed by atoms with Crippen LogP contribution in [0.25, 0.3) is 6.08 Å². The summed E-state index contributed by atoms with van der Waals surface area (Å²) in [7, 11) is 0. The number of benzene rings is 3. The second kappa shape index (κ2) is 9.33. The third-order valence-electron chi connectivity index (χ3n) is 4.75. The molecule has 1 atom stereocenters. The Bertz CT molecular complexity index is 1160. The van der Waals surface area contributed by atoms with Gasteiger partial charge in [0.25, 0.3) is 0 Å². The van der Waals surface area contributed by atoms with Gasteiger partial charge in [-0.15, -0.1) is 0 Å². The molecule has 0 aromatic heterocycles. The van der Waals surface area contributed by atoms with E-state index < -0.39 is 0 Å². The number of nitrogens with zero attached hydrogens (tertiary/aromatic N) is 2. The van der Waals surface area contributed by atoms with E-state index in [9.17, 15) is 0 Å². The van der Waals surface area contributed by atoms with Crippen molar-refractivity contribution >= 4 is 79.8 Å². The van der Waals surface area contributed by atoms with Crippen LogP contribution >= 0.6 is 62.3 Å². The maximum atomic E-state index is 6.53. The van der Waals surface area contributed by atoms with Gasteiger partial charge in [0, 0.05) is 31.0 Å². The number of hydrogen-bond acceptors (Lipinski definition) is 2. The highest BCUT2D eigenvalue weighted by Gasteiger charge is 2.30. The predicted octanol–water partition coefficient (Wildman–Crippen LogP) is 9.08. The Morgan fingerprint density at radius 3 is 2.30 bits per heavy atom. The lowest BCUT2D eigenvalue weighted by atomic mass is 10.0. The highest BCUT2D eigenvalue weighted by molar-refractivity contribution is 9.10. The van der Waals surface area contributed by atoms with Gasteiger partial charge in [0.15, 0.2) is 0 Å². The first-order valence-corrected chi connectivity index (χ1v) is 11.4. The van der Waals surface area contributed by atoms with Crippen molar-refractivity contribution < 1.29 is 0 Å². The summed E-state index contributed by atoms with van der Waals surface area (Å²) in [4.78, 5) is 0. The van der Waals surface area contributed by atoms with Gasteiger partial charge in [0.2, 0.25) is 0 Å². The lowest BCUT2D eigenvalue weighted by Gasteiger charge is -2.25. The average Bonchev–Trinajstić information content (AvgIpc) is 3.11. The van der Waals surface area contributed by atoms with Gasteiger partial charge < -0.3 is 0 Å². The summed E-state index contributed by atoms with van der Waals surface area (Å²) in [6.45, 7) is 0. The van der Waals surface area contributed by atoms with E-state index in [1.807, 2.05) is 65.7 Å². The largest absolute Gasteiger partial charge is 0.257 e. The van der Waals surface area contributed by atoms with Crippen LogP contribution < -0.4 is 5.01 Å². The zero-order valence-electron chi connectivity index (χ0n) is 15.5. The van der Waals surface area contributed by atoms with Gasteiger partial charge in [-0.05, 0) is 59.7 Å². The van der Waals surface area contributed by atoms with Crippen LogP contribution in [0.15, 0.2) is 76.3 Å². The molecule has 4 rings (SSSR count). The van der Waals surface area contributed by atoms with Gasteiger partial charge in [-0.2, -0.15) is 5.10 Å². The predicted molar refractivity (Wildman–Crippen MR) is 133 cm³/mol. The number of allylic oxidation sites excluding steroid dienone is 1. The molecule has 1 heterocycles. The Balaban J connectivity index is 1.70. The molecule has 2 nitrogen and oxygen atoms in total. The molecule has 0 saturated carbocycles. The van der Waals surface area contributed by atoms with Gasteiger partial charge in [0.05, 0.1) is 17.4 Å². The van der Waals surface area contributed by atoms with Crippen LogP contribution in [0.4, 0.5) is 5.69 Å². The highest BCUT2D eigenvalue weighted by atomic mass is 79.9. The number of halogens is 5. The van der Waals surface area contributed by atoms with Crippen LogP contribution in [0, 0.1) is 0 Å². The van der Waals surface area contributed by atoms with E-state index in [1.165, 1.54) is 0 Å². The first-order valence-electron chi connectivity index (χ1n) is 9.11. The fourth-order valence-electron chi connectivity index (χ4n) is 3.33. The van der Waals surface area contributed by atoms with Crippen molar-refractivity contribution in [3.63, 3.8) is 0 Å². The first kappa shape index (κ1) is 21.7. The number of hydrazone groups is 1. The van der Waals surface area contributed by atoms with Crippen molar-refractivity contribution in [3.05, 3.63) is 102 Å². The molecule has 0 spiro atoms. The second-order valence-corrected chi connectivity index (χ2v) is 9.40. The molecule has 7 heteroatoms. The Morgan fingerprint density at radius 1 is 0.867 bits per heavy atom. The minimum atomic E-state index is -0.0515. The van der Waals surface area contributed by atoms with Crippen molar-refractivity contribution in [2.45, 2.75) is 12.5 Å². The fourth-order valence-corrected chi connectivity index (χ4v) is 4.72. The van der Waals surface area contributed by atoms with Crippen LogP contribution in [0.2, 0.25) is 20.1 Å². The summed E-state index contributed by atoms with van der Waals surface area (Å²) in [6, 6.07) is 19.0. The molecule has 0 amide bonds. The van der Waals surface area contributed by atoms with Crippen molar-refractivity contribution in [2.75, 3.05) is 5.01 Å². The number of rotatable bonds is 4. The minimum absolute atomic E-state index is 0.0515. The molecule has 0 saturated heterocycles. The number of hydrogen-bond donors (Lipinski definition) is 0. The van der Waals surface area contributed by atoms with E-state index >= 15 is 0 Å². The molecule has 0 bridgehead atoms. The molecule has 3 aromatic rings. The van der Waals surface area contributed by atoms with Crippen LogP contribution in [0.1, 0.15) is 23.6 Å². The van der Waals surface area contributed by atoms with Gasteiger partial charge in [-0.1, -0.05) is 86.6 Å². The van der Waals surface area contributed by atoms with Crippen LogP contribution in [-0.4, -0.2) is 5.71 Å². The molecule has 1 unspecified atom stereocenters. The lowest BCUT2D eigenvalue weighted by molar-refractivity contribution is 0.709. The molecular formula is C23H15BrCl4N2. The SMILES string of the molecule is Clc1ccc(C=CC2=NN(c3cccc(Br)c3)C(c3ccc(Cl)cc3Cl)C2)c(Cl)c1. The molecule has 30 heavy (non-hydrogen) atoms. The van der Waals surface area contributed by atoms with Crippen molar-refractivity contribution in [3.8, 4) is 0 Å². The smallest absolute Gasteiger partial charge is 0.0845 e. The topological polar surface area (TPSA) is 15.6 Å². The zero-order chi connectivity index (χ0) is 21.3. The van der Waals surface area contributed by atoms with Crippen LogP contribution in [-0.2, 0) is 0 Å². The molecule has 0 radical (unpaired) electrons. The monoisotopic (exact) mass is 538 g/mol. The quantitative estimate of drug-likeness (QED) is 0.322. The fraction of sp³-hybridized carbons (Fsp3) is 0.0870. The number of anilines is 1. The molecular weight excluding hydrogens is 526 g/mol. The van der Waals surface area contributed by atoms with Crippen molar-refractivity contribution in [1.29, 1.82) is 0 Å². The Labute approximate surface area is 203 Å². The molecule has 1 aliphatic rings. The van der Waals surface area contributed by atoms with Crippen LogP contribution in [0.3, 0.4) is 0 Å². The highest BCUT2D eigenvalue weighted by Crippen LogP contribution is 2.40. The summed E-state index contributed by atoms with van der Waals surface area (Å²) >= 11 is 28.5. The van der Waals surface area contributed by atoms with E-state index in [2.05, 4.69) is 15.9 Å². The van der Waals surface area contributed by atoms with Gasteiger partial charge in [-0.3, -0.25) is 5.01 Å². The molecule has 1 aliphatic heterocycles. The normalized spacial score (nSPS) is 16.4. The van der Waals surface area contributed by atoms with Gasteiger partial charge in [0.1, 0.15) is 0 Å². The summed E-state index contributed by atoms with van der Waals surface area (Å²) < 4.78 is 0.980. The Hall–Kier alpha value is -1.49. The standard InChI is InChI=1S/C23H15BrCl4N2/c24-15-2-1-3-19(10-15)30-23(20-9-7-17(26)12-22(20)28)13-18(29-30)8-5-14-4-6-16(25)11-21(14)27/h1-12,23H,13H2. The molecule has 152 valence electrons. The maximum absolute atomic E-state index is 6.53. The van der Waals surface area contributed by atoms with E-state index in [4.69, 9.17) is 51.5 Å². The Morgan fingerprint density at radius 2 is 1.60 bits per heavy atom. The maximum Gasteiger partial charge on any atom is 0.0845 e. The van der Waals surface area contributed by atoms with Crippen LogP contribution in [0.5, 0.6) is 0 Å². The minimum Gasteiger partial charge on any atom is -0.257 e. The average molecular weight is 541 g/mol. The summed E-state index contributed by atoms with van der Waals surface area (Å²) in [6.07, 6.45) is 4.61. The zero-order valence-corrected chi connectivity index (χ0v) is 20.1. The van der Waals surface area contributed by atoms with Crippen molar-refractivity contribution in [1.82, 2.24) is 0 Å². The summed E-state index contributed by atoms with van der Waals surface area (Å²) in [5, 5.41) is 9.28. The lowest BCUT2D eigenvalue weighted by Crippen LogP contribution is -2.18. The summed E-state index contributed by atoms with van der Waals surface area (Å²) in [5.74, 6) is 0. The third kappa shape index (κ3) is 4.87. The van der Waals surface area contributed by atoms with Gasteiger partial charge in [-0.25, -0.2) is 0 Å².